The number of amides is 1. The van der Waals surface area contributed by atoms with Gasteiger partial charge in [0.1, 0.15) is 0 Å². The summed E-state index contributed by atoms with van der Waals surface area (Å²) in [5.41, 5.74) is 0.380. The molecule has 0 saturated heterocycles. The predicted octanol–water partition coefficient (Wildman–Crippen LogP) is 0.809. The summed E-state index contributed by atoms with van der Waals surface area (Å²) in [6, 6.07) is 0. The van der Waals surface area contributed by atoms with Crippen molar-refractivity contribution in [2.45, 2.75) is 13.8 Å². The number of hydrogen-bond donors (Lipinski definition) is 1. The Balaban J connectivity index is 3.98. The van der Waals surface area contributed by atoms with Crippen LogP contribution in [0.2, 0.25) is 0 Å². The number of rotatable bonds is 3. The maximum atomic E-state index is 10.8. The molecular weight excluding hydrogens is 174 g/mol. The highest BCUT2D eigenvalue weighted by molar-refractivity contribution is 5.83. The molecular formula is C8H13NO4. The van der Waals surface area contributed by atoms with Gasteiger partial charge in [-0.25, -0.2) is 9.59 Å². The van der Waals surface area contributed by atoms with E-state index in [-0.39, 0.29) is 6.61 Å². The average Bonchev–Trinajstić information content (AvgIpc) is 2.04. The highest BCUT2D eigenvalue weighted by Gasteiger charge is 2.02. The first-order chi connectivity index (χ1) is 6.10. The Bertz CT molecular complexity index is 222. The lowest BCUT2D eigenvalue weighted by Gasteiger charge is -2.03. The molecule has 0 aliphatic heterocycles. The molecule has 0 spiro atoms. The van der Waals surface area contributed by atoms with Crippen LogP contribution in [0, 0.1) is 0 Å². The van der Waals surface area contributed by atoms with Crippen LogP contribution >= 0.6 is 0 Å². The van der Waals surface area contributed by atoms with Crippen molar-refractivity contribution in [3.63, 3.8) is 0 Å². The van der Waals surface area contributed by atoms with Crippen LogP contribution in [0.3, 0.4) is 0 Å². The molecule has 0 aromatic carbocycles. The Kier molecular flexibility index (Phi) is 5.34. The van der Waals surface area contributed by atoms with Gasteiger partial charge in [-0.05, 0) is 13.8 Å². The Morgan fingerprint density at radius 2 is 2.08 bits per heavy atom. The van der Waals surface area contributed by atoms with Gasteiger partial charge in [0.15, 0.2) is 0 Å². The fraction of sp³-hybridized carbons (Fsp3) is 0.500. The Morgan fingerprint density at radius 3 is 2.54 bits per heavy atom. The number of allylic oxidation sites excluding steroid dienone is 1. The molecule has 74 valence electrons. The molecule has 1 amide bonds. The zero-order valence-electron chi connectivity index (χ0n) is 7.92. The lowest BCUT2D eigenvalue weighted by atomic mass is 10.4. The van der Waals surface area contributed by atoms with Crippen LogP contribution < -0.4 is 5.32 Å². The molecule has 0 aromatic rings. The van der Waals surface area contributed by atoms with E-state index in [1.807, 2.05) is 0 Å². The standard InChI is InChI=1S/C8H13NO4/c1-4-13-8(11)9-6(2)5-7(10)12-3/h5H,4H2,1-3H3,(H,9,11)/b6-5+. The minimum absolute atomic E-state index is 0.289. The number of carbonyl (C=O) groups is 2. The van der Waals surface area contributed by atoms with E-state index < -0.39 is 12.1 Å². The minimum atomic E-state index is -0.583. The van der Waals surface area contributed by atoms with Gasteiger partial charge in [-0.2, -0.15) is 0 Å². The summed E-state index contributed by atoms with van der Waals surface area (Å²) in [7, 11) is 1.26. The predicted molar refractivity (Wildman–Crippen MR) is 45.9 cm³/mol. The van der Waals surface area contributed by atoms with E-state index in [4.69, 9.17) is 0 Å². The summed E-state index contributed by atoms with van der Waals surface area (Å²) in [6.45, 7) is 3.55. The van der Waals surface area contributed by atoms with Crippen molar-refractivity contribution in [1.29, 1.82) is 0 Å². The van der Waals surface area contributed by atoms with E-state index in [1.165, 1.54) is 7.11 Å². The fourth-order valence-corrected chi connectivity index (χ4v) is 0.600. The van der Waals surface area contributed by atoms with Crippen LogP contribution in [0.5, 0.6) is 0 Å². The molecule has 0 aliphatic rings. The van der Waals surface area contributed by atoms with Gasteiger partial charge in [-0.1, -0.05) is 0 Å². The monoisotopic (exact) mass is 187 g/mol. The van der Waals surface area contributed by atoms with Gasteiger partial charge in [-0.15, -0.1) is 0 Å². The van der Waals surface area contributed by atoms with Crippen molar-refractivity contribution in [2.75, 3.05) is 13.7 Å². The van der Waals surface area contributed by atoms with Gasteiger partial charge in [0.25, 0.3) is 0 Å². The first kappa shape index (κ1) is 11.5. The molecule has 0 rings (SSSR count). The SMILES string of the molecule is CCOC(=O)N/C(C)=C/C(=O)OC. The van der Waals surface area contributed by atoms with Gasteiger partial charge in [0.2, 0.25) is 0 Å². The lowest BCUT2D eigenvalue weighted by Crippen LogP contribution is -2.23. The van der Waals surface area contributed by atoms with Gasteiger partial charge in [0, 0.05) is 11.8 Å². The molecule has 0 aromatic heterocycles. The van der Waals surface area contributed by atoms with Gasteiger partial charge in [-0.3, -0.25) is 5.32 Å². The highest BCUT2D eigenvalue weighted by atomic mass is 16.5. The molecule has 0 saturated carbocycles. The number of nitrogens with one attached hydrogen (secondary N) is 1. The topological polar surface area (TPSA) is 64.6 Å². The first-order valence-corrected chi connectivity index (χ1v) is 3.80. The average molecular weight is 187 g/mol. The number of esters is 1. The molecule has 0 aliphatic carbocycles. The van der Waals surface area contributed by atoms with Crippen LogP contribution in [-0.2, 0) is 14.3 Å². The second-order valence-electron chi connectivity index (χ2n) is 2.20. The molecule has 5 nitrogen and oxygen atoms in total. The summed E-state index contributed by atoms with van der Waals surface area (Å²) in [6.07, 6.45) is 0.580. The molecule has 13 heavy (non-hydrogen) atoms. The lowest BCUT2D eigenvalue weighted by molar-refractivity contribution is -0.134. The maximum absolute atomic E-state index is 10.8. The zero-order chi connectivity index (χ0) is 10.3. The molecule has 0 heterocycles. The summed E-state index contributed by atoms with van der Waals surface area (Å²) in [4.78, 5) is 21.5. The quantitative estimate of drug-likeness (QED) is 0.524. The summed E-state index contributed by atoms with van der Waals surface area (Å²) in [5, 5.41) is 2.35. The van der Waals surface area contributed by atoms with Crippen LogP contribution in [-0.4, -0.2) is 25.8 Å². The third-order valence-electron chi connectivity index (χ3n) is 1.11. The van der Waals surface area contributed by atoms with Crippen molar-refractivity contribution in [3.8, 4) is 0 Å². The molecule has 0 bridgehead atoms. The molecule has 0 fully saturated rings. The Hall–Kier alpha value is -1.52. The number of alkyl carbamates (subject to hydrolysis) is 1. The van der Waals surface area contributed by atoms with Crippen LogP contribution in [0.15, 0.2) is 11.8 Å². The number of methoxy groups -OCH3 is 1. The van der Waals surface area contributed by atoms with Crippen molar-refractivity contribution >= 4 is 12.1 Å². The largest absolute Gasteiger partial charge is 0.466 e. The van der Waals surface area contributed by atoms with Crippen LogP contribution in [0.25, 0.3) is 0 Å². The third-order valence-corrected chi connectivity index (χ3v) is 1.11. The number of ether oxygens (including phenoxy) is 2. The molecule has 0 atom stereocenters. The first-order valence-electron chi connectivity index (χ1n) is 3.80. The third kappa shape index (κ3) is 5.72. The maximum Gasteiger partial charge on any atom is 0.411 e. The molecule has 0 radical (unpaired) electrons. The molecule has 5 heteroatoms. The van der Waals surface area contributed by atoms with Crippen molar-refractivity contribution in [1.82, 2.24) is 5.32 Å². The molecule has 0 unspecified atom stereocenters. The molecule has 1 N–H and O–H groups in total. The van der Waals surface area contributed by atoms with Gasteiger partial charge < -0.3 is 9.47 Å². The van der Waals surface area contributed by atoms with E-state index in [2.05, 4.69) is 14.8 Å². The fourth-order valence-electron chi connectivity index (χ4n) is 0.600. The second kappa shape index (κ2) is 6.05. The van der Waals surface area contributed by atoms with Crippen molar-refractivity contribution in [3.05, 3.63) is 11.8 Å². The van der Waals surface area contributed by atoms with Gasteiger partial charge >= 0.3 is 12.1 Å². The Morgan fingerprint density at radius 1 is 1.46 bits per heavy atom. The normalized spacial score (nSPS) is 10.5. The highest BCUT2D eigenvalue weighted by Crippen LogP contribution is 1.89. The number of hydrogen-bond acceptors (Lipinski definition) is 4. The smallest absolute Gasteiger partial charge is 0.411 e. The van der Waals surface area contributed by atoms with Crippen LogP contribution in [0.4, 0.5) is 4.79 Å². The van der Waals surface area contributed by atoms with E-state index in [0.717, 1.165) is 6.08 Å². The van der Waals surface area contributed by atoms with Crippen molar-refractivity contribution in [2.24, 2.45) is 0 Å². The summed E-state index contributed by atoms with van der Waals surface area (Å²) in [5.74, 6) is -0.519. The second-order valence-corrected chi connectivity index (χ2v) is 2.20. The zero-order valence-corrected chi connectivity index (χ0v) is 7.92. The van der Waals surface area contributed by atoms with E-state index in [9.17, 15) is 9.59 Å². The van der Waals surface area contributed by atoms with Crippen molar-refractivity contribution < 1.29 is 19.1 Å². The van der Waals surface area contributed by atoms with Gasteiger partial charge in [0.05, 0.1) is 13.7 Å². The number of carbonyl (C=O) groups excluding carboxylic acids is 2. The minimum Gasteiger partial charge on any atom is -0.466 e. The van der Waals surface area contributed by atoms with E-state index in [0.29, 0.717) is 5.70 Å². The van der Waals surface area contributed by atoms with E-state index in [1.54, 1.807) is 13.8 Å². The van der Waals surface area contributed by atoms with Crippen LogP contribution in [0.1, 0.15) is 13.8 Å². The van der Waals surface area contributed by atoms with E-state index >= 15 is 0 Å². The summed E-state index contributed by atoms with van der Waals surface area (Å²) >= 11 is 0. The Labute approximate surface area is 76.7 Å². The summed E-state index contributed by atoms with van der Waals surface area (Å²) < 4.78 is 8.94.